The fourth-order valence-corrected chi connectivity index (χ4v) is 2.54. The maximum atomic E-state index is 9.89. The van der Waals surface area contributed by atoms with Crippen molar-refractivity contribution < 1.29 is 5.11 Å². The molecule has 1 aromatic carbocycles. The summed E-state index contributed by atoms with van der Waals surface area (Å²) in [5.41, 5.74) is 2.26. The van der Waals surface area contributed by atoms with Gasteiger partial charge in [-0.3, -0.25) is 0 Å². The van der Waals surface area contributed by atoms with Gasteiger partial charge in [-0.1, -0.05) is 17.7 Å². The van der Waals surface area contributed by atoms with E-state index < -0.39 is 0 Å². The first-order valence-electron chi connectivity index (χ1n) is 5.28. The third-order valence-electron chi connectivity index (χ3n) is 3.16. The van der Waals surface area contributed by atoms with E-state index in [2.05, 4.69) is 19.0 Å². The summed E-state index contributed by atoms with van der Waals surface area (Å²) < 4.78 is 0. The molecule has 0 radical (unpaired) electrons. The van der Waals surface area contributed by atoms with Crippen LogP contribution in [0.25, 0.3) is 0 Å². The van der Waals surface area contributed by atoms with Crippen LogP contribution in [0.4, 0.5) is 0 Å². The molecular weight excluding hydrogens is 210 g/mol. The maximum absolute atomic E-state index is 9.89. The molecule has 1 unspecified atom stereocenters. The third kappa shape index (κ3) is 1.84. The first-order valence-corrected chi connectivity index (χ1v) is 5.65. The van der Waals surface area contributed by atoms with E-state index in [-0.39, 0.29) is 5.75 Å². The first-order chi connectivity index (χ1) is 7.11. The van der Waals surface area contributed by atoms with Crippen molar-refractivity contribution in [1.29, 1.82) is 0 Å². The van der Waals surface area contributed by atoms with Crippen LogP contribution in [0.5, 0.6) is 5.75 Å². The highest BCUT2D eigenvalue weighted by Crippen LogP contribution is 2.40. The monoisotopic (exact) mass is 225 g/mol. The predicted molar refractivity (Wildman–Crippen MR) is 62.5 cm³/mol. The van der Waals surface area contributed by atoms with Crippen molar-refractivity contribution in [1.82, 2.24) is 4.90 Å². The zero-order valence-corrected chi connectivity index (χ0v) is 9.88. The standard InChI is InChI=1S/C12H16ClNO/c1-14(2)11-5-3-4-9-8(11)6-7-10(13)12(9)15/h6-7,11,15H,3-5H2,1-2H3. The van der Waals surface area contributed by atoms with E-state index in [0.717, 1.165) is 24.8 Å². The summed E-state index contributed by atoms with van der Waals surface area (Å²) in [5, 5.41) is 10.4. The molecule has 15 heavy (non-hydrogen) atoms. The molecule has 1 aliphatic carbocycles. The second-order valence-corrected chi connectivity index (χ2v) is 4.74. The second-order valence-electron chi connectivity index (χ2n) is 4.34. The fourth-order valence-electron chi connectivity index (χ4n) is 2.36. The summed E-state index contributed by atoms with van der Waals surface area (Å²) in [4.78, 5) is 2.20. The number of hydrogen-bond donors (Lipinski definition) is 1. The van der Waals surface area contributed by atoms with Gasteiger partial charge >= 0.3 is 0 Å². The Balaban J connectivity index is 2.49. The molecule has 1 aliphatic rings. The van der Waals surface area contributed by atoms with Gasteiger partial charge in [0.25, 0.3) is 0 Å². The topological polar surface area (TPSA) is 23.5 Å². The number of benzene rings is 1. The highest BCUT2D eigenvalue weighted by molar-refractivity contribution is 6.32. The Bertz CT molecular complexity index is 376. The van der Waals surface area contributed by atoms with Gasteiger partial charge in [0, 0.05) is 11.6 Å². The lowest BCUT2D eigenvalue weighted by Gasteiger charge is -2.31. The van der Waals surface area contributed by atoms with Gasteiger partial charge < -0.3 is 10.0 Å². The quantitative estimate of drug-likeness (QED) is 0.795. The van der Waals surface area contributed by atoms with Crippen LogP contribution in [-0.2, 0) is 6.42 Å². The van der Waals surface area contributed by atoms with Gasteiger partial charge in [-0.15, -0.1) is 0 Å². The fraction of sp³-hybridized carbons (Fsp3) is 0.500. The van der Waals surface area contributed by atoms with Crippen LogP contribution in [0.1, 0.15) is 30.0 Å². The SMILES string of the molecule is CN(C)C1CCCc2c1ccc(Cl)c2O. The van der Waals surface area contributed by atoms with Crippen LogP contribution in [0.2, 0.25) is 5.02 Å². The highest BCUT2D eigenvalue weighted by atomic mass is 35.5. The molecule has 0 aromatic heterocycles. The van der Waals surface area contributed by atoms with E-state index in [1.165, 1.54) is 5.56 Å². The van der Waals surface area contributed by atoms with Crippen LogP contribution in [0.3, 0.4) is 0 Å². The molecule has 2 nitrogen and oxygen atoms in total. The van der Waals surface area contributed by atoms with Gasteiger partial charge in [-0.05, 0) is 45.0 Å². The van der Waals surface area contributed by atoms with E-state index in [1.807, 2.05) is 6.07 Å². The van der Waals surface area contributed by atoms with Crippen molar-refractivity contribution in [2.45, 2.75) is 25.3 Å². The van der Waals surface area contributed by atoms with Crippen molar-refractivity contribution in [3.8, 4) is 5.75 Å². The average Bonchev–Trinajstić information content (AvgIpc) is 2.23. The van der Waals surface area contributed by atoms with Crippen LogP contribution >= 0.6 is 11.6 Å². The van der Waals surface area contributed by atoms with Crippen molar-refractivity contribution in [3.05, 3.63) is 28.3 Å². The Kier molecular flexibility index (Phi) is 2.89. The van der Waals surface area contributed by atoms with Crippen molar-refractivity contribution in [2.24, 2.45) is 0 Å². The van der Waals surface area contributed by atoms with E-state index >= 15 is 0 Å². The molecule has 3 heteroatoms. The zero-order valence-electron chi connectivity index (χ0n) is 9.13. The Labute approximate surface area is 95.5 Å². The van der Waals surface area contributed by atoms with E-state index in [0.29, 0.717) is 11.1 Å². The van der Waals surface area contributed by atoms with Gasteiger partial charge in [-0.25, -0.2) is 0 Å². The summed E-state index contributed by atoms with van der Waals surface area (Å²) in [5.74, 6) is 0.278. The molecule has 1 aromatic rings. The van der Waals surface area contributed by atoms with Crippen LogP contribution < -0.4 is 0 Å². The molecule has 2 rings (SSSR count). The minimum atomic E-state index is 0.278. The highest BCUT2D eigenvalue weighted by Gasteiger charge is 2.24. The maximum Gasteiger partial charge on any atom is 0.137 e. The molecule has 1 atom stereocenters. The molecule has 0 amide bonds. The van der Waals surface area contributed by atoms with Crippen LogP contribution in [0.15, 0.2) is 12.1 Å². The minimum absolute atomic E-state index is 0.278. The smallest absolute Gasteiger partial charge is 0.137 e. The molecule has 82 valence electrons. The molecule has 0 saturated carbocycles. The molecule has 0 heterocycles. The van der Waals surface area contributed by atoms with Gasteiger partial charge in [0.2, 0.25) is 0 Å². The predicted octanol–water partition coefficient (Wildman–Crippen LogP) is 2.98. The number of hydrogen-bond acceptors (Lipinski definition) is 2. The molecule has 1 N–H and O–H groups in total. The Morgan fingerprint density at radius 1 is 1.40 bits per heavy atom. The van der Waals surface area contributed by atoms with Crippen LogP contribution in [0, 0.1) is 0 Å². The number of phenols is 1. The van der Waals surface area contributed by atoms with E-state index in [1.54, 1.807) is 6.07 Å². The molecule has 0 bridgehead atoms. The van der Waals surface area contributed by atoms with Gasteiger partial charge in [0.15, 0.2) is 0 Å². The van der Waals surface area contributed by atoms with E-state index in [9.17, 15) is 5.11 Å². The van der Waals surface area contributed by atoms with Gasteiger partial charge in [0.1, 0.15) is 5.75 Å². The second kappa shape index (κ2) is 4.03. The Morgan fingerprint density at radius 2 is 2.13 bits per heavy atom. The van der Waals surface area contributed by atoms with Crippen molar-refractivity contribution in [3.63, 3.8) is 0 Å². The van der Waals surface area contributed by atoms with Gasteiger partial charge in [0.05, 0.1) is 5.02 Å². The average molecular weight is 226 g/mol. The van der Waals surface area contributed by atoms with Crippen molar-refractivity contribution in [2.75, 3.05) is 14.1 Å². The van der Waals surface area contributed by atoms with Crippen LogP contribution in [-0.4, -0.2) is 24.1 Å². The summed E-state index contributed by atoms with van der Waals surface area (Å²) >= 11 is 5.91. The van der Waals surface area contributed by atoms with E-state index in [4.69, 9.17) is 11.6 Å². The number of aromatic hydroxyl groups is 1. The molecular formula is C12H16ClNO. The number of fused-ring (bicyclic) bond motifs is 1. The Hall–Kier alpha value is -0.730. The lowest BCUT2D eigenvalue weighted by Crippen LogP contribution is -2.24. The summed E-state index contributed by atoms with van der Waals surface area (Å²) in [6.07, 6.45) is 3.21. The zero-order chi connectivity index (χ0) is 11.0. The first kappa shape index (κ1) is 10.8. The molecule has 0 saturated heterocycles. The molecule has 0 fully saturated rings. The lowest BCUT2D eigenvalue weighted by atomic mass is 9.86. The lowest BCUT2D eigenvalue weighted by molar-refractivity contribution is 0.266. The molecule has 0 spiro atoms. The summed E-state index contributed by atoms with van der Waals surface area (Å²) in [6.45, 7) is 0. The Morgan fingerprint density at radius 3 is 2.80 bits per heavy atom. The molecule has 0 aliphatic heterocycles. The number of rotatable bonds is 1. The number of halogens is 1. The normalized spacial score (nSPS) is 20.4. The largest absolute Gasteiger partial charge is 0.506 e. The number of phenolic OH excluding ortho intramolecular Hbond substituents is 1. The minimum Gasteiger partial charge on any atom is -0.506 e. The third-order valence-corrected chi connectivity index (χ3v) is 3.46. The summed E-state index contributed by atoms with van der Waals surface area (Å²) in [6, 6.07) is 4.25. The van der Waals surface area contributed by atoms with Crippen molar-refractivity contribution >= 4 is 11.6 Å². The van der Waals surface area contributed by atoms with Gasteiger partial charge in [-0.2, -0.15) is 0 Å². The number of nitrogens with zero attached hydrogens (tertiary/aromatic N) is 1. The summed E-state index contributed by atoms with van der Waals surface area (Å²) in [7, 11) is 4.15.